The molecule has 9 heteroatoms. The van der Waals surface area contributed by atoms with Gasteiger partial charge in [-0.15, -0.1) is 0 Å². The molecular weight excluding hydrogens is 845 g/mol. The Labute approximate surface area is 287 Å². The summed E-state index contributed by atoms with van der Waals surface area (Å²) in [5.74, 6) is 0.547. The van der Waals surface area contributed by atoms with Crippen molar-refractivity contribution in [3.63, 3.8) is 0 Å². The van der Waals surface area contributed by atoms with Crippen molar-refractivity contribution in [1.29, 1.82) is 0 Å². The monoisotopic (exact) mass is 892 g/mol. The summed E-state index contributed by atoms with van der Waals surface area (Å²) in [6.45, 7) is 8.07. The average Bonchev–Trinajstić information content (AvgIpc) is 3.54. The van der Waals surface area contributed by atoms with E-state index in [-0.39, 0.29) is 73.6 Å². The van der Waals surface area contributed by atoms with Gasteiger partial charge < -0.3 is 5.11 Å². The fourth-order valence-electron chi connectivity index (χ4n) is 4.52. The first-order valence-corrected chi connectivity index (χ1v) is 15.7. The van der Waals surface area contributed by atoms with Crippen LogP contribution in [0.4, 0.5) is 13.2 Å². The smallest absolute Gasteiger partial charge is 0 e. The molecule has 5 rings (SSSR count). The minimum Gasteiger partial charge on any atom is 0 e. The second-order valence-electron chi connectivity index (χ2n) is 9.40. The number of hydrogen-bond acceptors (Lipinski definition) is 4. The van der Waals surface area contributed by atoms with Crippen LogP contribution in [0.25, 0.3) is 39.7 Å². The van der Waals surface area contributed by atoms with Crippen LogP contribution >= 0.6 is 0 Å². The van der Waals surface area contributed by atoms with Gasteiger partial charge in [-0.2, -0.15) is 0 Å². The van der Waals surface area contributed by atoms with E-state index in [9.17, 15) is 23.1 Å². The molecule has 4 nitrogen and oxygen atoms in total. The van der Waals surface area contributed by atoms with E-state index in [2.05, 4.69) is 16.0 Å². The molecule has 0 bridgehead atoms. The summed E-state index contributed by atoms with van der Waals surface area (Å²) in [6.07, 6.45) is -1.12. The van der Waals surface area contributed by atoms with Gasteiger partial charge in [-0.1, -0.05) is 27.7 Å². The zero-order valence-corrected chi connectivity index (χ0v) is 28.4. The van der Waals surface area contributed by atoms with E-state index in [1.165, 1.54) is 6.08 Å². The number of fused-ring (bicyclic) bond motifs is 3. The molecule has 0 amide bonds. The van der Waals surface area contributed by atoms with E-state index in [0.29, 0.717) is 0 Å². The van der Waals surface area contributed by atoms with Crippen LogP contribution in [-0.2, 0) is 31.1 Å². The Morgan fingerprint density at radius 1 is 0.977 bits per heavy atom. The number of aliphatic hydroxyl groups excluding tert-OH is 1. The average molecular weight is 890 g/mol. The Morgan fingerprint density at radius 2 is 1.60 bits per heavy atom. The molecule has 5 aromatic rings. The van der Waals surface area contributed by atoms with Gasteiger partial charge in [0.15, 0.2) is 5.78 Å². The number of rotatable bonds is 8. The quantitative estimate of drug-likeness (QED) is 0.0555. The van der Waals surface area contributed by atoms with E-state index in [4.69, 9.17) is 13.7 Å². The summed E-state index contributed by atoms with van der Waals surface area (Å²) in [6, 6.07) is -3.18. The molecule has 0 aliphatic carbocycles. The summed E-state index contributed by atoms with van der Waals surface area (Å²) in [5.41, 5.74) is -2.71. The molecule has 1 N–H and O–H groups in total. The predicted octanol–water partition coefficient (Wildman–Crippen LogP) is 9.35. The maximum Gasteiger partial charge on any atom is 0 e. The number of allylic oxidation sites excluding steroid dienone is 2. The summed E-state index contributed by atoms with van der Waals surface area (Å²) >= 11 is -1.72. The van der Waals surface area contributed by atoms with Crippen LogP contribution in [0.3, 0.4) is 0 Å². The molecule has 0 saturated carbocycles. The van der Waals surface area contributed by atoms with Crippen molar-refractivity contribution < 1.29 is 56.9 Å². The first-order valence-electron chi connectivity index (χ1n) is 18.4. The van der Waals surface area contributed by atoms with Gasteiger partial charge in [0.05, 0.1) is 5.76 Å². The zero-order chi connectivity index (χ0) is 39.1. The second-order valence-corrected chi connectivity index (χ2v) is 12.3. The largest absolute Gasteiger partial charge is 0 e. The number of aliphatic hydroxyl groups is 1. The zero-order valence-electron chi connectivity index (χ0n) is 33.7. The van der Waals surface area contributed by atoms with Crippen LogP contribution < -0.4 is 0 Å². The van der Waals surface area contributed by atoms with Crippen molar-refractivity contribution in [3.05, 3.63) is 84.2 Å². The molecule has 0 spiro atoms. The topological polar surface area (TPSA) is 63.1 Å². The normalized spacial score (nSPS) is 15.3. The Kier molecular flexibility index (Phi) is 8.21. The Morgan fingerprint density at radius 3 is 2.26 bits per heavy atom. The van der Waals surface area contributed by atoms with E-state index >= 15 is 0 Å². The number of aromatic nitrogens is 2. The molecule has 0 atom stereocenters. The number of nitrogens with zero attached hydrogens (tertiary/aromatic N) is 2. The van der Waals surface area contributed by atoms with Gasteiger partial charge in [-0.3, -0.25) is 4.79 Å². The third-order valence-electron chi connectivity index (χ3n) is 6.90. The van der Waals surface area contributed by atoms with Crippen LogP contribution in [0, 0.1) is 17.9 Å². The van der Waals surface area contributed by atoms with Crippen LogP contribution in [0.1, 0.15) is 72.6 Å². The Hall–Kier alpha value is -2.56. The van der Waals surface area contributed by atoms with Crippen molar-refractivity contribution in [3.8, 4) is 9.27 Å². The minimum absolute atomic E-state index is 0. The summed E-state index contributed by atoms with van der Waals surface area (Å²) < 4.78 is 125. The molecule has 0 unspecified atom stereocenters. The minimum atomic E-state index is -5.18. The fourth-order valence-corrected chi connectivity index (χ4v) is 7.11. The number of halogens is 3. The number of carbonyl (C=O) groups is 1. The van der Waals surface area contributed by atoms with Crippen molar-refractivity contribution in [2.75, 3.05) is 0 Å². The van der Waals surface area contributed by atoms with Gasteiger partial charge in [-0.05, 0) is 25.7 Å². The van der Waals surface area contributed by atoms with Crippen molar-refractivity contribution in [2.24, 2.45) is 11.8 Å². The SMILES string of the molecule is CCC(CC)C(=O)/C=C(\O)C(CC)CC.[2H]c1nc(-c2[c-]c3c([2H])c([2H])c([2H])c([2H])c3[te]2)c2c([2H])c3c([2H])c([2H])c([2H])c([2H])c3c(C(F)(F)F)c2n1.[Ir]. The van der Waals surface area contributed by atoms with Crippen molar-refractivity contribution in [1.82, 2.24) is 9.97 Å². The summed E-state index contributed by atoms with van der Waals surface area (Å²) in [5, 5.41) is 7.66. The van der Waals surface area contributed by atoms with Crippen LogP contribution in [0.2, 0.25) is 0 Å². The molecule has 3 aromatic carbocycles. The standard InChI is InChI=1S/C21H10F3N2Te.C13H24O2.Ir/c22-21(23,24)18-14-7-3-1-5-12(14)9-15-19(25-11-26-20(15)18)17-10-13-6-2-4-8-16(13)27-17;1-5-10(6-2)12(14)9-13(15)11(7-3)8-4;/h1-9,11H;9-11,14H,5-8H2,1-4H3;/q-1;;/b;12-9-;/i1D,2D,3D,4D,5D,6D,7D,8D,9D,11D;;. The molecule has 0 aliphatic rings. The molecule has 2 aromatic heterocycles. The second kappa shape index (κ2) is 15.4. The number of hydrogen-bond donors (Lipinski definition) is 1. The maximum atomic E-state index is 14.4. The van der Waals surface area contributed by atoms with E-state index in [0.717, 1.165) is 25.7 Å². The first-order chi connectivity index (χ1) is 24.3. The Balaban J connectivity index is 0.000000403. The molecule has 0 fully saturated rings. The van der Waals surface area contributed by atoms with E-state index in [1.807, 2.05) is 27.7 Å². The molecule has 0 aliphatic heterocycles. The third-order valence-corrected chi connectivity index (χ3v) is 9.78. The molecule has 43 heavy (non-hydrogen) atoms. The van der Waals surface area contributed by atoms with Gasteiger partial charge in [0.1, 0.15) is 0 Å². The van der Waals surface area contributed by atoms with Gasteiger partial charge in [-0.25, -0.2) is 0 Å². The van der Waals surface area contributed by atoms with Gasteiger partial charge in [0.2, 0.25) is 0 Å². The van der Waals surface area contributed by atoms with Gasteiger partial charge in [0.25, 0.3) is 0 Å². The van der Waals surface area contributed by atoms with Crippen LogP contribution in [0.15, 0.2) is 72.5 Å². The van der Waals surface area contributed by atoms with Gasteiger partial charge in [0, 0.05) is 38.0 Å². The van der Waals surface area contributed by atoms with E-state index < -0.39 is 102 Å². The van der Waals surface area contributed by atoms with Crippen LogP contribution in [0.5, 0.6) is 0 Å². The number of alkyl halides is 3. The summed E-state index contributed by atoms with van der Waals surface area (Å²) in [4.78, 5) is 19.3. The first kappa shape index (κ1) is 22.9. The maximum absolute atomic E-state index is 14.4. The fraction of sp³-hybridized carbons (Fsp3) is 0.324. The van der Waals surface area contributed by atoms with Crippen LogP contribution in [-0.4, -0.2) is 41.3 Å². The molecule has 229 valence electrons. The van der Waals surface area contributed by atoms with E-state index in [1.54, 1.807) is 0 Å². The van der Waals surface area contributed by atoms with Crippen molar-refractivity contribution in [2.45, 2.75) is 59.6 Å². The predicted molar refractivity (Wildman–Crippen MR) is 165 cm³/mol. The third kappa shape index (κ3) is 7.94. The summed E-state index contributed by atoms with van der Waals surface area (Å²) in [7, 11) is 0. The Bertz CT molecular complexity index is 2210. The molecule has 2 heterocycles. The molecular formula is C34H34F3IrN2O2Te-. The molecule has 0 saturated heterocycles. The number of benzene rings is 3. The van der Waals surface area contributed by atoms with Gasteiger partial charge >= 0.3 is 176 Å². The molecule has 1 radical (unpaired) electrons. The number of carbonyl (C=O) groups excluding carboxylic acids is 1. The van der Waals surface area contributed by atoms with Crippen molar-refractivity contribution >= 4 is 56.7 Å². The number of ketones is 1.